The number of methoxy groups -OCH3 is 1. The Morgan fingerprint density at radius 2 is 2.06 bits per heavy atom. The summed E-state index contributed by atoms with van der Waals surface area (Å²) < 4.78 is 23.7. The molecule has 166 valence electrons. The fourth-order valence-electron chi connectivity index (χ4n) is 3.27. The molecule has 2 heterocycles. The molecule has 0 radical (unpaired) electrons. The first-order chi connectivity index (χ1) is 14.9. The second-order valence-corrected chi connectivity index (χ2v) is 9.39. The van der Waals surface area contributed by atoms with Crippen molar-refractivity contribution in [3.05, 3.63) is 41.2 Å². The molecule has 3 aromatic rings. The number of hydrogen-bond donors (Lipinski definition) is 1. The first kappa shape index (κ1) is 23.6. The zero-order valence-corrected chi connectivity index (χ0v) is 20.3. The van der Waals surface area contributed by atoms with Gasteiger partial charge in [-0.1, -0.05) is 22.4 Å². The van der Waals surface area contributed by atoms with E-state index in [0.717, 1.165) is 47.0 Å². The molecule has 0 bridgehead atoms. The number of fused-ring (bicyclic) bond motifs is 1. The van der Waals surface area contributed by atoms with Gasteiger partial charge < -0.3 is 14.0 Å². The van der Waals surface area contributed by atoms with Gasteiger partial charge in [-0.3, -0.25) is 14.8 Å². The van der Waals surface area contributed by atoms with Crippen LogP contribution < -0.4 is 9.47 Å². The number of halogens is 1. The number of aryl methyl sites for hydroxylation is 1. The van der Waals surface area contributed by atoms with Crippen LogP contribution in [-0.2, 0) is 21.7 Å². The van der Waals surface area contributed by atoms with E-state index in [2.05, 4.69) is 30.9 Å². The zero-order valence-electron chi connectivity index (χ0n) is 17.9. The summed E-state index contributed by atoms with van der Waals surface area (Å²) in [4.78, 5) is 24.0. The molecule has 0 fully saturated rings. The summed E-state index contributed by atoms with van der Waals surface area (Å²) in [6.45, 7) is 3.83. The highest BCUT2D eigenvalue weighted by molar-refractivity contribution is 9.09. The van der Waals surface area contributed by atoms with E-state index in [0.29, 0.717) is 28.5 Å². The maximum Gasteiger partial charge on any atom is 0.322 e. The average Bonchev–Trinajstić information content (AvgIpc) is 3.17. The molecule has 0 saturated heterocycles. The predicted molar refractivity (Wildman–Crippen MR) is 124 cm³/mol. The highest BCUT2D eigenvalue weighted by Crippen LogP contribution is 2.27. The summed E-state index contributed by atoms with van der Waals surface area (Å²) in [5, 5.41) is 1.29. The Balaban J connectivity index is 1.69. The van der Waals surface area contributed by atoms with Crippen molar-refractivity contribution < 1.29 is 18.8 Å². The maximum atomic E-state index is 12.9. The van der Waals surface area contributed by atoms with Gasteiger partial charge in [0.15, 0.2) is 5.75 Å². The Hall–Kier alpha value is -2.10. The molecule has 0 aliphatic rings. The molecule has 3 rings (SSSR count). The summed E-state index contributed by atoms with van der Waals surface area (Å²) in [6.07, 6.45) is 4.92. The largest absolute Gasteiger partial charge is 0.609 e. The summed E-state index contributed by atoms with van der Waals surface area (Å²) in [5.41, 5.74) is 3.84. The van der Waals surface area contributed by atoms with Gasteiger partial charge in [-0.2, -0.15) is 4.98 Å². The van der Waals surface area contributed by atoms with Gasteiger partial charge in [0, 0.05) is 46.3 Å². The van der Waals surface area contributed by atoms with Crippen LogP contribution in [0.5, 0.6) is 11.5 Å². The molecule has 0 amide bonds. The van der Waals surface area contributed by atoms with Crippen molar-refractivity contribution in [1.29, 1.82) is 0 Å². The van der Waals surface area contributed by atoms with Gasteiger partial charge in [0.2, 0.25) is 0 Å². The van der Waals surface area contributed by atoms with Gasteiger partial charge in [0.25, 0.3) is 0 Å². The number of aromatic amines is 1. The number of imidazole rings is 1. The normalized spacial score (nSPS) is 12.2. The molecule has 1 atom stereocenters. The number of rotatable bonds is 10. The third-order valence-corrected chi connectivity index (χ3v) is 6.63. The SMILES string of the molecule is COc1c(C)cnc(C[S+]([O-])c2nc3cc(OC(=O)CCCCCBr)ccc3[nH]2)c1C. The Morgan fingerprint density at radius 1 is 1.26 bits per heavy atom. The van der Waals surface area contributed by atoms with Crippen molar-refractivity contribution >= 4 is 44.1 Å². The van der Waals surface area contributed by atoms with Crippen LogP contribution in [0.4, 0.5) is 0 Å². The molecular formula is C22H26BrN3O4S. The van der Waals surface area contributed by atoms with E-state index in [9.17, 15) is 9.35 Å². The van der Waals surface area contributed by atoms with Crippen LogP contribution in [0.1, 0.15) is 42.5 Å². The molecule has 0 aliphatic carbocycles. The highest BCUT2D eigenvalue weighted by atomic mass is 79.9. The number of pyridine rings is 1. The van der Waals surface area contributed by atoms with Crippen LogP contribution in [-0.4, -0.2) is 37.9 Å². The van der Waals surface area contributed by atoms with E-state index in [1.807, 2.05) is 13.8 Å². The van der Waals surface area contributed by atoms with Crippen LogP contribution in [0.25, 0.3) is 11.0 Å². The van der Waals surface area contributed by atoms with Crippen LogP contribution in [0.3, 0.4) is 0 Å². The lowest BCUT2D eigenvalue weighted by molar-refractivity contribution is -0.134. The van der Waals surface area contributed by atoms with E-state index in [4.69, 9.17) is 9.47 Å². The topological polar surface area (TPSA) is 100 Å². The number of ether oxygens (including phenoxy) is 2. The molecule has 0 saturated carbocycles. The third kappa shape index (κ3) is 5.99. The average molecular weight is 508 g/mol. The fraction of sp³-hybridized carbons (Fsp3) is 0.409. The van der Waals surface area contributed by atoms with Gasteiger partial charge in [-0.05, 0) is 38.8 Å². The molecule has 9 heteroatoms. The number of H-pyrrole nitrogens is 1. The molecule has 0 spiro atoms. The molecular weight excluding hydrogens is 482 g/mol. The minimum atomic E-state index is -1.41. The lowest BCUT2D eigenvalue weighted by atomic mass is 10.1. The minimum Gasteiger partial charge on any atom is -0.609 e. The van der Waals surface area contributed by atoms with Crippen molar-refractivity contribution in [2.75, 3.05) is 12.4 Å². The second-order valence-electron chi connectivity index (χ2n) is 7.23. The Kier molecular flexibility index (Phi) is 8.34. The summed E-state index contributed by atoms with van der Waals surface area (Å²) >= 11 is 1.97. The standard InChI is InChI=1S/C22H26BrN3O4S/c1-14-12-24-19(15(2)21(14)29-3)13-31(28)22-25-17-9-8-16(11-18(17)26-22)30-20(27)7-5-4-6-10-23/h8-9,11-12H,4-7,10,13H2,1-3H3,(H,25,26). The van der Waals surface area contributed by atoms with Crippen molar-refractivity contribution in [2.24, 2.45) is 0 Å². The smallest absolute Gasteiger partial charge is 0.322 e. The summed E-state index contributed by atoms with van der Waals surface area (Å²) in [5.74, 6) is 1.15. The van der Waals surface area contributed by atoms with Crippen molar-refractivity contribution in [1.82, 2.24) is 15.0 Å². The Bertz CT molecular complexity index is 1060. The van der Waals surface area contributed by atoms with Crippen molar-refractivity contribution in [3.63, 3.8) is 0 Å². The van der Waals surface area contributed by atoms with Gasteiger partial charge in [-0.25, -0.2) is 0 Å². The van der Waals surface area contributed by atoms with Gasteiger partial charge >= 0.3 is 11.1 Å². The number of nitrogens with zero attached hydrogens (tertiary/aromatic N) is 2. The monoisotopic (exact) mass is 507 g/mol. The zero-order chi connectivity index (χ0) is 22.4. The van der Waals surface area contributed by atoms with Gasteiger partial charge in [0.1, 0.15) is 11.5 Å². The van der Waals surface area contributed by atoms with Crippen molar-refractivity contribution in [2.45, 2.75) is 50.4 Å². The predicted octanol–water partition coefficient (Wildman–Crippen LogP) is 4.75. The lowest BCUT2D eigenvalue weighted by Crippen LogP contribution is -2.10. The fourth-order valence-corrected chi connectivity index (χ4v) is 4.76. The lowest BCUT2D eigenvalue weighted by Gasteiger charge is -2.13. The van der Waals surface area contributed by atoms with Gasteiger partial charge in [0.05, 0.1) is 23.8 Å². The van der Waals surface area contributed by atoms with E-state index < -0.39 is 11.2 Å². The number of esters is 1. The number of benzene rings is 1. The van der Waals surface area contributed by atoms with Crippen LogP contribution in [0.2, 0.25) is 0 Å². The first-order valence-electron chi connectivity index (χ1n) is 10.1. The number of carbonyl (C=O) groups excluding carboxylic acids is 1. The Morgan fingerprint density at radius 3 is 2.81 bits per heavy atom. The quantitative estimate of drug-likeness (QED) is 0.140. The highest BCUT2D eigenvalue weighted by Gasteiger charge is 2.21. The first-order valence-corrected chi connectivity index (χ1v) is 12.5. The molecule has 1 N–H and O–H groups in total. The van der Waals surface area contributed by atoms with Crippen LogP contribution >= 0.6 is 15.9 Å². The number of aromatic nitrogens is 3. The van der Waals surface area contributed by atoms with Gasteiger partial charge in [-0.15, -0.1) is 0 Å². The Labute approximate surface area is 193 Å². The van der Waals surface area contributed by atoms with Crippen LogP contribution in [0, 0.1) is 13.8 Å². The van der Waals surface area contributed by atoms with Crippen molar-refractivity contribution in [3.8, 4) is 11.5 Å². The van der Waals surface area contributed by atoms with E-state index in [1.165, 1.54) is 0 Å². The molecule has 1 unspecified atom stereocenters. The summed E-state index contributed by atoms with van der Waals surface area (Å²) in [6, 6.07) is 5.16. The number of carbonyl (C=O) groups is 1. The van der Waals surface area contributed by atoms with E-state index in [-0.39, 0.29) is 11.7 Å². The summed E-state index contributed by atoms with van der Waals surface area (Å²) in [7, 11) is 1.61. The molecule has 2 aromatic heterocycles. The van der Waals surface area contributed by atoms with E-state index in [1.54, 1.807) is 31.5 Å². The van der Waals surface area contributed by atoms with Crippen LogP contribution in [0.15, 0.2) is 29.6 Å². The maximum absolute atomic E-state index is 12.9. The molecule has 31 heavy (non-hydrogen) atoms. The number of nitrogens with one attached hydrogen (secondary N) is 1. The number of hydrogen-bond acceptors (Lipinski definition) is 6. The van der Waals surface area contributed by atoms with E-state index >= 15 is 0 Å². The number of unbranched alkanes of at least 4 members (excludes halogenated alkanes) is 2. The molecule has 1 aromatic carbocycles. The number of alkyl halides is 1. The molecule has 0 aliphatic heterocycles. The molecule has 7 nitrogen and oxygen atoms in total. The minimum absolute atomic E-state index is 0.221. The second kappa shape index (κ2) is 11.0. The third-order valence-electron chi connectivity index (χ3n) is 4.91.